The first-order chi connectivity index (χ1) is 28.5. The summed E-state index contributed by atoms with van der Waals surface area (Å²) < 4.78 is 29.9. The van der Waals surface area contributed by atoms with Gasteiger partial charge < -0.3 is 4.57 Å². The van der Waals surface area contributed by atoms with Gasteiger partial charge in [-0.1, -0.05) is 158 Å². The van der Waals surface area contributed by atoms with E-state index in [-0.39, 0.29) is 0 Å². The van der Waals surface area contributed by atoms with Crippen LogP contribution in [0.3, 0.4) is 0 Å². The normalized spacial score (nSPS) is 12.8. The van der Waals surface area contributed by atoms with Gasteiger partial charge in [-0.15, -0.1) is 0 Å². The second-order valence-corrected chi connectivity index (χ2v) is 16.6. The predicted octanol–water partition coefficient (Wildman–Crippen LogP) is 13.3. The fourth-order valence-electron chi connectivity index (χ4n) is 8.69. The van der Waals surface area contributed by atoms with Crippen LogP contribution in [-0.4, -0.2) is 18.0 Å². The third-order valence-corrected chi connectivity index (χ3v) is 13.3. The molecule has 0 atom stereocenters. The molecule has 0 aliphatic carbocycles. The largest absolute Gasteiger partial charge is 0.309 e. The first-order valence-electron chi connectivity index (χ1n) is 19.4. The SMILES string of the molecule is O=S1(=O)c2ccccc2-c2cccc(-c3ccc(-n4c5ccccc5c5cc(-c6ccccc6-c6cc(-c7ccccc7)cc(-c7ccccc7)n6)ccc54)cc3)c21. The van der Waals surface area contributed by atoms with Crippen molar-refractivity contribution < 1.29 is 8.42 Å². The fourth-order valence-corrected chi connectivity index (χ4v) is 10.6. The number of sulfone groups is 1. The topological polar surface area (TPSA) is 52.0 Å². The lowest BCUT2D eigenvalue weighted by molar-refractivity contribution is 0.599. The maximum Gasteiger partial charge on any atom is 0.208 e. The molecule has 0 amide bonds. The molecule has 1 aliphatic rings. The summed E-state index contributed by atoms with van der Waals surface area (Å²) in [5.41, 5.74) is 14.7. The number of rotatable bonds is 6. The molecule has 3 heterocycles. The number of fused-ring (bicyclic) bond motifs is 6. The number of hydrogen-bond donors (Lipinski definition) is 0. The smallest absolute Gasteiger partial charge is 0.208 e. The van der Waals surface area contributed by atoms with Gasteiger partial charge in [-0.25, -0.2) is 13.4 Å². The van der Waals surface area contributed by atoms with Gasteiger partial charge in [0.05, 0.1) is 32.2 Å². The van der Waals surface area contributed by atoms with Crippen LogP contribution in [-0.2, 0) is 9.84 Å². The van der Waals surface area contributed by atoms with Crippen molar-refractivity contribution in [1.82, 2.24) is 9.55 Å². The van der Waals surface area contributed by atoms with Crippen molar-refractivity contribution >= 4 is 31.6 Å². The van der Waals surface area contributed by atoms with E-state index in [4.69, 9.17) is 4.98 Å². The van der Waals surface area contributed by atoms with Gasteiger partial charge in [0.15, 0.2) is 0 Å². The first-order valence-corrected chi connectivity index (χ1v) is 20.9. The van der Waals surface area contributed by atoms with Gasteiger partial charge in [0.1, 0.15) is 0 Å². The second-order valence-electron chi connectivity index (χ2n) is 14.7. The van der Waals surface area contributed by atoms with Gasteiger partial charge in [0.25, 0.3) is 0 Å². The van der Waals surface area contributed by atoms with Crippen molar-refractivity contribution in [3.05, 3.63) is 206 Å². The van der Waals surface area contributed by atoms with E-state index >= 15 is 0 Å². The molecular weight excluding hydrogens is 729 g/mol. The Morgan fingerprint density at radius 2 is 0.948 bits per heavy atom. The Labute approximate surface area is 336 Å². The molecular formula is C53H34N2O2S. The number of hydrogen-bond acceptors (Lipinski definition) is 3. The zero-order valence-electron chi connectivity index (χ0n) is 31.2. The van der Waals surface area contributed by atoms with Crippen LogP contribution in [0.4, 0.5) is 0 Å². The highest BCUT2D eigenvalue weighted by Crippen LogP contribution is 2.47. The lowest BCUT2D eigenvalue weighted by Gasteiger charge is -2.14. The number of aromatic nitrogens is 2. The number of benzene rings is 8. The molecule has 0 spiro atoms. The molecule has 0 bridgehead atoms. The fraction of sp³-hybridized carbons (Fsp3) is 0. The lowest BCUT2D eigenvalue weighted by atomic mass is 9.94. The van der Waals surface area contributed by atoms with E-state index in [0.29, 0.717) is 15.4 Å². The summed E-state index contributed by atoms with van der Waals surface area (Å²) in [5.74, 6) is 0. The Balaban J connectivity index is 1.02. The molecule has 8 aromatic carbocycles. The van der Waals surface area contributed by atoms with E-state index in [2.05, 4.69) is 144 Å². The van der Waals surface area contributed by atoms with Gasteiger partial charge in [0.2, 0.25) is 9.84 Å². The van der Waals surface area contributed by atoms with Crippen LogP contribution in [0, 0.1) is 0 Å². The highest BCUT2D eigenvalue weighted by atomic mass is 32.2. The van der Waals surface area contributed by atoms with Crippen LogP contribution in [0.5, 0.6) is 0 Å². The van der Waals surface area contributed by atoms with E-state index < -0.39 is 9.84 Å². The molecule has 0 unspecified atom stereocenters. The molecule has 0 saturated heterocycles. The van der Waals surface area contributed by atoms with Crippen molar-refractivity contribution in [2.75, 3.05) is 0 Å². The maximum atomic E-state index is 13.8. The Kier molecular flexibility index (Phi) is 7.85. The van der Waals surface area contributed by atoms with E-state index in [1.807, 2.05) is 54.6 Å². The lowest BCUT2D eigenvalue weighted by Crippen LogP contribution is -1.99. The third-order valence-electron chi connectivity index (χ3n) is 11.4. The van der Waals surface area contributed by atoms with E-state index in [1.165, 1.54) is 0 Å². The molecule has 58 heavy (non-hydrogen) atoms. The minimum atomic E-state index is -3.64. The standard InChI is InChI=1S/C53H34N2O2S/c56-58(57)52-25-12-10-21-45(52)46-23-13-22-42(53(46)58)36-26-29-40(30-27-36)55-50-24-11-9-20-44(50)47-32-38(28-31-51(47)55)41-18-7-8-19-43(41)49-34-39(35-14-3-1-4-15-35)33-48(54-49)37-16-5-2-6-17-37/h1-34H. The van der Waals surface area contributed by atoms with Gasteiger partial charge in [-0.05, 0) is 76.3 Å². The Morgan fingerprint density at radius 1 is 0.362 bits per heavy atom. The first kappa shape index (κ1) is 34.0. The molecule has 0 N–H and O–H groups in total. The molecule has 5 heteroatoms. The monoisotopic (exact) mass is 762 g/mol. The Hall–Kier alpha value is -7.34. The number of nitrogens with zero attached hydrogens (tertiary/aromatic N) is 2. The van der Waals surface area contributed by atoms with E-state index in [0.717, 1.165) is 89.0 Å². The highest BCUT2D eigenvalue weighted by Gasteiger charge is 2.35. The molecule has 2 aromatic heterocycles. The van der Waals surface area contributed by atoms with Crippen molar-refractivity contribution in [2.45, 2.75) is 9.79 Å². The molecule has 1 aliphatic heterocycles. The molecule has 0 radical (unpaired) electrons. The average molecular weight is 763 g/mol. The summed E-state index contributed by atoms with van der Waals surface area (Å²) >= 11 is 0. The highest BCUT2D eigenvalue weighted by molar-refractivity contribution is 7.92. The second kappa shape index (κ2) is 13.4. The van der Waals surface area contributed by atoms with Gasteiger partial charge in [0, 0.05) is 44.3 Å². The molecule has 11 rings (SSSR count). The molecule has 10 aromatic rings. The maximum absolute atomic E-state index is 13.8. The van der Waals surface area contributed by atoms with Crippen LogP contribution in [0.25, 0.3) is 94.5 Å². The van der Waals surface area contributed by atoms with Crippen molar-refractivity contribution in [1.29, 1.82) is 0 Å². The van der Waals surface area contributed by atoms with E-state index in [1.54, 1.807) is 12.1 Å². The summed E-state index contributed by atoms with van der Waals surface area (Å²) in [6, 6.07) is 70.3. The zero-order chi connectivity index (χ0) is 38.8. The minimum Gasteiger partial charge on any atom is -0.309 e. The van der Waals surface area contributed by atoms with Crippen LogP contribution in [0.15, 0.2) is 216 Å². The average Bonchev–Trinajstić information content (AvgIpc) is 3.75. The Bertz CT molecular complexity index is 3280. The zero-order valence-corrected chi connectivity index (χ0v) is 32.1. The molecule has 4 nitrogen and oxygen atoms in total. The Morgan fingerprint density at radius 3 is 1.74 bits per heavy atom. The quantitative estimate of drug-likeness (QED) is 0.169. The summed E-state index contributed by atoms with van der Waals surface area (Å²) in [4.78, 5) is 6.02. The summed E-state index contributed by atoms with van der Waals surface area (Å²) in [6.45, 7) is 0. The van der Waals surface area contributed by atoms with Crippen LogP contribution >= 0.6 is 0 Å². The van der Waals surface area contributed by atoms with Crippen LogP contribution in [0.2, 0.25) is 0 Å². The predicted molar refractivity (Wildman–Crippen MR) is 237 cm³/mol. The van der Waals surface area contributed by atoms with Crippen LogP contribution in [0.1, 0.15) is 0 Å². The number of pyridine rings is 1. The van der Waals surface area contributed by atoms with Crippen molar-refractivity contribution in [3.8, 4) is 72.7 Å². The molecule has 274 valence electrons. The van der Waals surface area contributed by atoms with Crippen molar-refractivity contribution in [2.24, 2.45) is 0 Å². The molecule has 0 saturated carbocycles. The van der Waals surface area contributed by atoms with Crippen molar-refractivity contribution in [3.63, 3.8) is 0 Å². The minimum absolute atomic E-state index is 0.371. The summed E-state index contributed by atoms with van der Waals surface area (Å²) in [5, 5.41) is 2.30. The van der Waals surface area contributed by atoms with Gasteiger partial charge in [-0.2, -0.15) is 0 Å². The number of para-hydroxylation sites is 1. The summed E-state index contributed by atoms with van der Waals surface area (Å²) in [7, 11) is -3.64. The summed E-state index contributed by atoms with van der Waals surface area (Å²) in [6.07, 6.45) is 0. The van der Waals surface area contributed by atoms with E-state index in [9.17, 15) is 8.42 Å². The molecule has 0 fully saturated rings. The van der Waals surface area contributed by atoms with Gasteiger partial charge >= 0.3 is 0 Å². The van der Waals surface area contributed by atoms with Gasteiger partial charge in [-0.3, -0.25) is 0 Å². The van der Waals surface area contributed by atoms with Crippen LogP contribution < -0.4 is 0 Å². The third kappa shape index (κ3) is 5.43.